The van der Waals surface area contributed by atoms with Gasteiger partial charge in [-0.15, -0.1) is 0 Å². The molecule has 0 aliphatic heterocycles. The summed E-state index contributed by atoms with van der Waals surface area (Å²) in [5.74, 6) is 0. The molecule has 3 atom stereocenters. The van der Waals surface area contributed by atoms with Gasteiger partial charge in [0, 0.05) is 5.22 Å². The van der Waals surface area contributed by atoms with E-state index < -0.39 is 24.7 Å². The summed E-state index contributed by atoms with van der Waals surface area (Å²) in [5, 5.41) is 1.07. The van der Waals surface area contributed by atoms with Crippen molar-refractivity contribution in [3.05, 3.63) is 30.3 Å². The first-order chi connectivity index (χ1) is 12.6. The summed E-state index contributed by atoms with van der Waals surface area (Å²) < 4.78 is 14.5. The van der Waals surface area contributed by atoms with Gasteiger partial charge in [-0.2, -0.15) is 0 Å². The minimum absolute atomic E-state index is 0.0592. The van der Waals surface area contributed by atoms with E-state index in [1.165, 1.54) is 5.19 Å². The Hall–Kier alpha value is -0.209. The maximum Gasteiger partial charge on any atom is 0.251 e. The third-order valence-electron chi connectivity index (χ3n) is 6.34. The quantitative estimate of drug-likeness (QED) is 0.351. The Labute approximate surface area is 178 Å². The Balaban J connectivity index is 3.65. The van der Waals surface area contributed by atoms with Gasteiger partial charge in [-0.1, -0.05) is 76.7 Å². The minimum atomic E-state index is -2.45. The van der Waals surface area contributed by atoms with Gasteiger partial charge in [0.2, 0.25) is 0 Å². The van der Waals surface area contributed by atoms with Crippen molar-refractivity contribution in [3.63, 3.8) is 0 Å². The Morgan fingerprint density at radius 3 is 1.57 bits per heavy atom. The van der Waals surface area contributed by atoms with Crippen LogP contribution in [0.15, 0.2) is 30.3 Å². The molecular weight excluding hydrogens is 393 g/mol. The highest BCUT2D eigenvalue weighted by molar-refractivity contribution is 6.90. The molecule has 0 spiro atoms. The molecule has 0 saturated heterocycles. The first kappa shape index (κ1) is 25.8. The molecule has 0 heterocycles. The molecule has 0 saturated carbocycles. The second-order valence-corrected chi connectivity index (χ2v) is 24.8. The van der Waals surface area contributed by atoms with Gasteiger partial charge in [0.15, 0.2) is 8.32 Å². The van der Waals surface area contributed by atoms with Gasteiger partial charge in [-0.25, -0.2) is 0 Å². The van der Waals surface area contributed by atoms with Crippen LogP contribution in [-0.4, -0.2) is 35.2 Å². The van der Waals surface area contributed by atoms with Gasteiger partial charge in [0.1, 0.15) is 0 Å². The summed E-state index contributed by atoms with van der Waals surface area (Å²) in [6, 6.07) is 11.0. The molecule has 0 amide bonds. The lowest BCUT2D eigenvalue weighted by Crippen LogP contribution is -2.72. The molecule has 0 N–H and O–H groups in total. The van der Waals surface area contributed by atoms with Crippen molar-refractivity contribution in [2.75, 3.05) is 0 Å². The van der Waals surface area contributed by atoms with Gasteiger partial charge >= 0.3 is 0 Å². The minimum Gasteiger partial charge on any atom is -0.412 e. The summed E-state index contributed by atoms with van der Waals surface area (Å²) in [7, 11) is -5.76. The average molecular weight is 439 g/mol. The summed E-state index contributed by atoms with van der Waals surface area (Å²) in [4.78, 5) is 0. The normalized spacial score (nSPS) is 19.5. The summed E-state index contributed by atoms with van der Waals surface area (Å²) in [6.45, 7) is 26.0. The molecule has 3 unspecified atom stereocenters. The molecule has 0 bridgehead atoms. The predicted molar refractivity (Wildman–Crippen MR) is 133 cm³/mol. The van der Waals surface area contributed by atoms with E-state index in [2.05, 4.69) is 104 Å². The van der Waals surface area contributed by atoms with E-state index in [0.717, 1.165) is 25.7 Å². The van der Waals surface area contributed by atoms with Gasteiger partial charge < -0.3 is 8.85 Å². The van der Waals surface area contributed by atoms with Crippen molar-refractivity contribution in [2.45, 2.75) is 110 Å². The Kier molecular flexibility index (Phi) is 8.57. The van der Waals surface area contributed by atoms with Crippen LogP contribution in [0.3, 0.4) is 0 Å². The van der Waals surface area contributed by atoms with E-state index in [4.69, 9.17) is 8.85 Å². The van der Waals surface area contributed by atoms with Crippen LogP contribution in [0.25, 0.3) is 0 Å². The first-order valence-corrected chi connectivity index (χ1v) is 20.4. The zero-order valence-corrected chi connectivity index (χ0v) is 23.5. The molecule has 0 aliphatic carbocycles. The van der Waals surface area contributed by atoms with Crippen LogP contribution < -0.4 is 5.19 Å². The molecule has 5 heteroatoms. The molecule has 0 radical (unpaired) electrons. The van der Waals surface area contributed by atoms with E-state index in [9.17, 15) is 0 Å². The van der Waals surface area contributed by atoms with Gasteiger partial charge in [0.05, 0.1) is 13.3 Å². The highest BCUT2D eigenvalue weighted by Crippen LogP contribution is 2.40. The zero-order chi connectivity index (χ0) is 21.9. The molecular formula is C23H46O2Si3. The van der Waals surface area contributed by atoms with Crippen LogP contribution in [0.1, 0.15) is 53.4 Å². The van der Waals surface area contributed by atoms with E-state index in [1.54, 1.807) is 0 Å². The molecule has 0 fully saturated rings. The van der Waals surface area contributed by atoms with Crippen LogP contribution >= 0.6 is 0 Å². The van der Waals surface area contributed by atoms with Gasteiger partial charge in [0.25, 0.3) is 8.32 Å². The fourth-order valence-corrected chi connectivity index (χ4v) is 13.8. The van der Waals surface area contributed by atoms with Gasteiger partial charge in [-0.05, 0) is 58.1 Å². The largest absolute Gasteiger partial charge is 0.412 e. The lowest BCUT2D eigenvalue weighted by atomic mass is 10.2. The maximum atomic E-state index is 7.48. The molecule has 1 rings (SSSR count). The summed E-state index contributed by atoms with van der Waals surface area (Å²) in [6.07, 6.45) is 4.42. The van der Waals surface area contributed by atoms with Crippen LogP contribution in [0.4, 0.5) is 0 Å². The first-order valence-electron chi connectivity index (χ1n) is 11.1. The van der Waals surface area contributed by atoms with Crippen LogP contribution in [0, 0.1) is 0 Å². The smallest absolute Gasteiger partial charge is 0.251 e. The fraction of sp³-hybridized carbons (Fsp3) is 0.739. The monoisotopic (exact) mass is 438 g/mol. The maximum absolute atomic E-state index is 7.48. The van der Waals surface area contributed by atoms with Crippen LogP contribution in [0.2, 0.25) is 45.8 Å². The van der Waals surface area contributed by atoms with Crippen molar-refractivity contribution in [2.24, 2.45) is 0 Å². The molecule has 0 aromatic heterocycles. The van der Waals surface area contributed by atoms with Crippen molar-refractivity contribution in [3.8, 4) is 0 Å². The molecule has 28 heavy (non-hydrogen) atoms. The summed E-state index contributed by atoms with van der Waals surface area (Å²) >= 11 is 0. The van der Waals surface area contributed by atoms with Crippen LogP contribution in [0.5, 0.6) is 0 Å². The SMILES string of the molecule is CCCC(C)(O[Si](C)(c1ccccc1)C(C)(CCC)O[Si](C)(C)C)[Si](C)(C)C. The summed E-state index contributed by atoms with van der Waals surface area (Å²) in [5.41, 5.74) is 0. The molecule has 1 aromatic carbocycles. The number of rotatable bonds is 11. The molecule has 1 aromatic rings. The van der Waals surface area contributed by atoms with Crippen molar-refractivity contribution in [1.29, 1.82) is 0 Å². The van der Waals surface area contributed by atoms with E-state index in [1.807, 2.05) is 0 Å². The van der Waals surface area contributed by atoms with Crippen LogP contribution in [-0.2, 0) is 8.85 Å². The molecule has 2 nitrogen and oxygen atoms in total. The van der Waals surface area contributed by atoms with Crippen molar-refractivity contribution >= 4 is 29.9 Å². The van der Waals surface area contributed by atoms with E-state index in [0.29, 0.717) is 0 Å². The number of benzene rings is 1. The molecule has 0 aliphatic rings. The van der Waals surface area contributed by atoms with E-state index >= 15 is 0 Å². The fourth-order valence-electron chi connectivity index (χ4n) is 4.27. The van der Waals surface area contributed by atoms with Crippen molar-refractivity contribution in [1.82, 2.24) is 0 Å². The zero-order valence-electron chi connectivity index (χ0n) is 20.5. The second-order valence-electron chi connectivity index (χ2n) is 10.9. The average Bonchev–Trinajstić information content (AvgIpc) is 2.53. The lowest BCUT2D eigenvalue weighted by molar-refractivity contribution is 0.0742. The Bertz CT molecular complexity index is 609. The number of hydrogen-bond donors (Lipinski definition) is 0. The third-order valence-corrected chi connectivity index (χ3v) is 16.0. The lowest BCUT2D eigenvalue weighted by Gasteiger charge is -2.54. The number of hydrogen-bond acceptors (Lipinski definition) is 2. The second kappa shape index (κ2) is 9.29. The van der Waals surface area contributed by atoms with E-state index in [-0.39, 0.29) is 10.4 Å². The third kappa shape index (κ3) is 5.91. The van der Waals surface area contributed by atoms with Gasteiger partial charge in [-0.3, -0.25) is 0 Å². The predicted octanol–water partition coefficient (Wildman–Crippen LogP) is 6.87. The Morgan fingerprint density at radius 1 is 0.714 bits per heavy atom. The standard InChI is InChI=1S/C23H46O2Si3/c1-12-19-22(3,26(5,6)7)25-28(11,21-17-15-14-16-18-21)23(4,20-13-2)24-27(8,9)10/h14-18H,12-13,19-20H2,1-11H3. The highest BCUT2D eigenvalue weighted by Gasteiger charge is 2.56. The highest BCUT2D eigenvalue weighted by atomic mass is 28.4. The Morgan fingerprint density at radius 2 is 1.18 bits per heavy atom. The molecule has 162 valence electrons. The topological polar surface area (TPSA) is 18.5 Å². The van der Waals surface area contributed by atoms with Crippen molar-refractivity contribution < 1.29 is 8.85 Å².